The molecule has 4 heteroatoms. The molecule has 0 aliphatic carbocycles. The smallest absolute Gasteiger partial charge is 0.0984 e. The van der Waals surface area contributed by atoms with Crippen LogP contribution in [0.2, 0.25) is 0 Å². The first-order valence-corrected chi connectivity index (χ1v) is 7.90. The molecule has 0 bridgehead atoms. The van der Waals surface area contributed by atoms with Crippen LogP contribution in [-0.4, -0.2) is 43.6 Å². The zero-order valence-corrected chi connectivity index (χ0v) is 13.4. The van der Waals surface area contributed by atoms with Crippen molar-refractivity contribution in [3.63, 3.8) is 0 Å². The summed E-state index contributed by atoms with van der Waals surface area (Å²) in [4.78, 5) is 2.33. The van der Waals surface area contributed by atoms with Crippen molar-refractivity contribution in [1.29, 1.82) is 0 Å². The fourth-order valence-corrected chi connectivity index (χ4v) is 2.81. The largest absolute Gasteiger partial charge is 0.394 e. The van der Waals surface area contributed by atoms with Gasteiger partial charge in [-0.15, -0.1) is 0 Å². The van der Waals surface area contributed by atoms with Crippen molar-refractivity contribution in [3.8, 4) is 0 Å². The fraction of sp³-hybridized carbons (Fsp3) is 0.647. The second-order valence-corrected chi connectivity index (χ2v) is 6.31. The highest BCUT2D eigenvalue weighted by atomic mass is 16.5. The number of aliphatic hydroxyl groups excluding tert-OH is 1. The molecule has 21 heavy (non-hydrogen) atoms. The van der Waals surface area contributed by atoms with Gasteiger partial charge in [0.2, 0.25) is 0 Å². The Labute approximate surface area is 128 Å². The number of aliphatic hydroxyl groups is 1. The van der Waals surface area contributed by atoms with E-state index in [0.29, 0.717) is 5.92 Å². The van der Waals surface area contributed by atoms with E-state index in [-0.39, 0.29) is 18.8 Å². The lowest BCUT2D eigenvalue weighted by Crippen LogP contribution is -2.48. The van der Waals surface area contributed by atoms with Crippen LogP contribution in [0, 0.1) is 5.92 Å². The third-order valence-electron chi connectivity index (χ3n) is 3.73. The molecule has 2 rings (SSSR count). The van der Waals surface area contributed by atoms with Crippen molar-refractivity contribution in [3.05, 3.63) is 29.8 Å². The van der Waals surface area contributed by atoms with Crippen molar-refractivity contribution >= 4 is 5.69 Å². The number of nitrogens with one attached hydrogen (secondary N) is 1. The van der Waals surface area contributed by atoms with Gasteiger partial charge in [-0.3, -0.25) is 0 Å². The van der Waals surface area contributed by atoms with Crippen LogP contribution >= 0.6 is 0 Å². The zero-order valence-electron chi connectivity index (χ0n) is 13.4. The minimum absolute atomic E-state index is 0.0780. The van der Waals surface area contributed by atoms with E-state index >= 15 is 0 Å². The number of para-hydroxylation sites is 1. The third kappa shape index (κ3) is 4.70. The normalized spacial score (nSPS) is 22.8. The molecule has 1 fully saturated rings. The Bertz CT molecular complexity index is 437. The molecule has 2 atom stereocenters. The molecule has 0 amide bonds. The summed E-state index contributed by atoms with van der Waals surface area (Å²) in [7, 11) is 0. The highest BCUT2D eigenvalue weighted by Gasteiger charge is 2.25. The SMILES string of the molecule is CC(C)CNCc1ccccc1N1CC(C)OC(CO)C1. The van der Waals surface area contributed by atoms with Gasteiger partial charge in [-0.05, 0) is 31.0 Å². The number of morpholine rings is 1. The predicted molar refractivity (Wildman–Crippen MR) is 86.6 cm³/mol. The van der Waals surface area contributed by atoms with Crippen LogP contribution in [0.15, 0.2) is 24.3 Å². The molecule has 4 nitrogen and oxygen atoms in total. The summed E-state index contributed by atoms with van der Waals surface area (Å²) in [6.45, 7) is 10.1. The van der Waals surface area contributed by atoms with Gasteiger partial charge in [-0.25, -0.2) is 0 Å². The second-order valence-electron chi connectivity index (χ2n) is 6.31. The molecule has 118 valence electrons. The van der Waals surface area contributed by atoms with Crippen LogP contribution in [0.1, 0.15) is 26.3 Å². The molecule has 0 radical (unpaired) electrons. The summed E-state index contributed by atoms with van der Waals surface area (Å²) in [5.41, 5.74) is 2.56. The molecule has 1 aliphatic rings. The number of hydrogen-bond donors (Lipinski definition) is 2. The van der Waals surface area contributed by atoms with Crippen LogP contribution in [0.25, 0.3) is 0 Å². The fourth-order valence-electron chi connectivity index (χ4n) is 2.81. The molecule has 1 aromatic carbocycles. The van der Waals surface area contributed by atoms with Gasteiger partial charge in [-0.2, -0.15) is 0 Å². The van der Waals surface area contributed by atoms with Crippen LogP contribution in [0.3, 0.4) is 0 Å². The van der Waals surface area contributed by atoms with Gasteiger partial charge in [-0.1, -0.05) is 32.0 Å². The van der Waals surface area contributed by atoms with Crippen LogP contribution in [0.5, 0.6) is 0 Å². The van der Waals surface area contributed by atoms with Gasteiger partial charge >= 0.3 is 0 Å². The van der Waals surface area contributed by atoms with E-state index in [4.69, 9.17) is 4.74 Å². The van der Waals surface area contributed by atoms with Gasteiger partial charge in [0.25, 0.3) is 0 Å². The number of hydrogen-bond acceptors (Lipinski definition) is 4. The predicted octanol–water partition coefficient (Wildman–Crippen LogP) is 2.02. The highest BCUT2D eigenvalue weighted by molar-refractivity contribution is 5.54. The van der Waals surface area contributed by atoms with E-state index in [9.17, 15) is 5.11 Å². The van der Waals surface area contributed by atoms with E-state index in [1.807, 2.05) is 0 Å². The lowest BCUT2D eigenvalue weighted by molar-refractivity contribution is -0.0421. The molecule has 2 N–H and O–H groups in total. The maximum absolute atomic E-state index is 9.38. The molecule has 0 aromatic heterocycles. The van der Waals surface area contributed by atoms with Crippen LogP contribution in [0.4, 0.5) is 5.69 Å². The van der Waals surface area contributed by atoms with E-state index in [1.54, 1.807) is 0 Å². The summed E-state index contributed by atoms with van der Waals surface area (Å²) in [6, 6.07) is 8.51. The van der Waals surface area contributed by atoms with Gasteiger partial charge < -0.3 is 20.1 Å². The van der Waals surface area contributed by atoms with Gasteiger partial charge in [0.05, 0.1) is 18.8 Å². The highest BCUT2D eigenvalue weighted by Crippen LogP contribution is 2.24. The number of rotatable bonds is 6. The Balaban J connectivity index is 2.07. The molecule has 1 heterocycles. The minimum atomic E-state index is -0.0922. The maximum atomic E-state index is 9.38. The van der Waals surface area contributed by atoms with Crippen LogP contribution in [-0.2, 0) is 11.3 Å². The topological polar surface area (TPSA) is 44.7 Å². The average Bonchev–Trinajstić information content (AvgIpc) is 2.46. The van der Waals surface area contributed by atoms with Gasteiger partial charge in [0, 0.05) is 25.3 Å². The Morgan fingerprint density at radius 1 is 1.33 bits per heavy atom. The van der Waals surface area contributed by atoms with Crippen molar-refractivity contribution in [2.75, 3.05) is 31.1 Å². The van der Waals surface area contributed by atoms with E-state index in [2.05, 4.69) is 55.3 Å². The van der Waals surface area contributed by atoms with Crippen molar-refractivity contribution in [2.24, 2.45) is 5.92 Å². The summed E-state index contributed by atoms with van der Waals surface area (Å²) in [5, 5.41) is 12.9. The monoisotopic (exact) mass is 292 g/mol. The van der Waals surface area contributed by atoms with Gasteiger partial charge in [0.1, 0.15) is 0 Å². The average molecular weight is 292 g/mol. The van der Waals surface area contributed by atoms with E-state index in [0.717, 1.165) is 26.2 Å². The number of nitrogens with zero attached hydrogens (tertiary/aromatic N) is 1. The Kier molecular flexibility index (Phi) is 6.03. The number of anilines is 1. The molecule has 2 unspecified atom stereocenters. The Morgan fingerprint density at radius 2 is 2.10 bits per heavy atom. The summed E-state index contributed by atoms with van der Waals surface area (Å²) in [5.74, 6) is 0.652. The molecule has 1 saturated heterocycles. The first-order chi connectivity index (χ1) is 10.1. The molecular weight excluding hydrogens is 264 g/mol. The van der Waals surface area contributed by atoms with Crippen molar-refractivity contribution < 1.29 is 9.84 Å². The summed E-state index contributed by atoms with van der Waals surface area (Å²) in [6.07, 6.45) is 0.0537. The third-order valence-corrected chi connectivity index (χ3v) is 3.73. The first-order valence-electron chi connectivity index (χ1n) is 7.90. The molecular formula is C17H28N2O2. The molecule has 1 aromatic rings. The molecule has 0 spiro atoms. The maximum Gasteiger partial charge on any atom is 0.0984 e. The standard InChI is InChI=1S/C17H28N2O2/c1-13(2)8-18-9-15-6-4-5-7-17(15)19-10-14(3)21-16(11-19)12-20/h4-7,13-14,16,18,20H,8-12H2,1-3H3. The molecule has 0 saturated carbocycles. The van der Waals surface area contributed by atoms with E-state index < -0.39 is 0 Å². The lowest BCUT2D eigenvalue weighted by atomic mass is 10.1. The van der Waals surface area contributed by atoms with Crippen molar-refractivity contribution in [2.45, 2.75) is 39.5 Å². The zero-order chi connectivity index (χ0) is 15.2. The van der Waals surface area contributed by atoms with Crippen molar-refractivity contribution in [1.82, 2.24) is 5.32 Å². The minimum Gasteiger partial charge on any atom is -0.394 e. The quantitative estimate of drug-likeness (QED) is 0.842. The van der Waals surface area contributed by atoms with Crippen LogP contribution < -0.4 is 10.2 Å². The Hall–Kier alpha value is -1.10. The first kappa shape index (κ1) is 16.3. The summed E-state index contributed by atoms with van der Waals surface area (Å²) < 4.78 is 5.73. The number of benzene rings is 1. The molecule has 1 aliphatic heterocycles. The lowest BCUT2D eigenvalue weighted by Gasteiger charge is -2.38. The van der Waals surface area contributed by atoms with Gasteiger partial charge in [0.15, 0.2) is 0 Å². The Morgan fingerprint density at radius 3 is 2.81 bits per heavy atom. The number of ether oxygens (including phenoxy) is 1. The summed E-state index contributed by atoms with van der Waals surface area (Å²) >= 11 is 0. The van der Waals surface area contributed by atoms with E-state index in [1.165, 1.54) is 11.3 Å². The second kappa shape index (κ2) is 7.78.